The van der Waals surface area contributed by atoms with Crippen LogP contribution in [0.3, 0.4) is 0 Å². The highest BCUT2D eigenvalue weighted by Gasteiger charge is 2.15. The van der Waals surface area contributed by atoms with Crippen LogP contribution in [-0.4, -0.2) is 35.9 Å². The van der Waals surface area contributed by atoms with E-state index in [0.717, 1.165) is 28.1 Å². The molecule has 0 unspecified atom stereocenters. The fourth-order valence-electron chi connectivity index (χ4n) is 2.62. The number of hydrogen-bond acceptors (Lipinski definition) is 4. The molecule has 1 atom stereocenters. The lowest BCUT2D eigenvalue weighted by Gasteiger charge is -2.20. The topological polar surface area (TPSA) is 54.5 Å². The minimum atomic E-state index is -0.334. The minimum Gasteiger partial charge on any atom is -0.457 e. The predicted molar refractivity (Wildman–Crippen MR) is 100 cm³/mol. The molecule has 5 nitrogen and oxygen atoms in total. The largest absolute Gasteiger partial charge is 0.457 e. The number of likely N-dealkylation sites (N-methyl/N-ethyl adjacent to an activating group) is 1. The molecule has 0 aliphatic carbocycles. The maximum absolute atomic E-state index is 12.1. The number of benzene rings is 2. The van der Waals surface area contributed by atoms with Crippen molar-refractivity contribution in [1.82, 2.24) is 9.88 Å². The Morgan fingerprint density at radius 2 is 1.84 bits per heavy atom. The van der Waals surface area contributed by atoms with Gasteiger partial charge in [0.15, 0.2) is 0 Å². The number of amides is 1. The van der Waals surface area contributed by atoms with Gasteiger partial charge in [0.05, 0.1) is 5.52 Å². The zero-order valence-corrected chi connectivity index (χ0v) is 14.6. The number of para-hydroxylation sites is 1. The second-order valence-corrected chi connectivity index (χ2v) is 6.05. The lowest BCUT2D eigenvalue weighted by molar-refractivity contribution is -0.129. The van der Waals surface area contributed by atoms with Crippen LogP contribution < -0.4 is 10.1 Å². The van der Waals surface area contributed by atoms with Crippen molar-refractivity contribution in [2.45, 2.75) is 13.0 Å². The van der Waals surface area contributed by atoms with Crippen molar-refractivity contribution >= 4 is 22.5 Å². The number of anilines is 1. The van der Waals surface area contributed by atoms with E-state index in [1.165, 1.54) is 0 Å². The fourth-order valence-corrected chi connectivity index (χ4v) is 2.62. The second-order valence-electron chi connectivity index (χ2n) is 6.05. The van der Waals surface area contributed by atoms with Gasteiger partial charge in [-0.3, -0.25) is 9.78 Å². The standard InChI is InChI=1S/C20H21N3O2/c1-14(20(24)23(2)3)22-19-11-12-21-18-10-9-16(13-17(18)19)25-15-7-5-4-6-8-15/h4-14H,1-3H3,(H,21,22)/t14-/m0/s1. The van der Waals surface area contributed by atoms with Crippen LogP contribution in [0, 0.1) is 0 Å². The number of nitrogens with zero attached hydrogens (tertiary/aromatic N) is 2. The Bertz CT molecular complexity index is 879. The molecule has 25 heavy (non-hydrogen) atoms. The molecule has 0 bridgehead atoms. The minimum absolute atomic E-state index is 0.0154. The molecule has 0 spiro atoms. The maximum atomic E-state index is 12.1. The Balaban J connectivity index is 1.91. The van der Waals surface area contributed by atoms with E-state index in [4.69, 9.17) is 4.74 Å². The van der Waals surface area contributed by atoms with Crippen LogP contribution in [0.1, 0.15) is 6.92 Å². The van der Waals surface area contributed by atoms with Gasteiger partial charge in [-0.1, -0.05) is 18.2 Å². The zero-order valence-electron chi connectivity index (χ0n) is 14.6. The van der Waals surface area contributed by atoms with Crippen LogP contribution in [0.15, 0.2) is 60.8 Å². The molecule has 128 valence electrons. The van der Waals surface area contributed by atoms with Crippen molar-refractivity contribution in [2.75, 3.05) is 19.4 Å². The molecule has 3 aromatic rings. The summed E-state index contributed by atoms with van der Waals surface area (Å²) in [5.74, 6) is 1.51. The molecule has 1 amide bonds. The molecule has 0 aliphatic rings. The number of hydrogen-bond donors (Lipinski definition) is 1. The lowest BCUT2D eigenvalue weighted by atomic mass is 10.1. The van der Waals surface area contributed by atoms with Gasteiger partial charge in [-0.2, -0.15) is 0 Å². The van der Waals surface area contributed by atoms with Gasteiger partial charge in [-0.05, 0) is 43.3 Å². The molecular weight excluding hydrogens is 314 g/mol. The smallest absolute Gasteiger partial charge is 0.244 e. The molecule has 3 rings (SSSR count). The number of carbonyl (C=O) groups excluding carboxylic acids is 1. The van der Waals surface area contributed by atoms with Crippen molar-refractivity contribution in [2.24, 2.45) is 0 Å². The van der Waals surface area contributed by atoms with Gasteiger partial charge < -0.3 is 15.0 Å². The van der Waals surface area contributed by atoms with E-state index >= 15 is 0 Å². The average molecular weight is 335 g/mol. The molecule has 0 aliphatic heterocycles. The Hall–Kier alpha value is -3.08. The number of pyridine rings is 1. The Kier molecular flexibility index (Phi) is 4.84. The van der Waals surface area contributed by atoms with Gasteiger partial charge >= 0.3 is 0 Å². The number of nitrogens with one attached hydrogen (secondary N) is 1. The summed E-state index contributed by atoms with van der Waals surface area (Å²) in [5.41, 5.74) is 1.70. The second kappa shape index (κ2) is 7.21. The normalized spacial score (nSPS) is 11.8. The van der Waals surface area contributed by atoms with Crippen LogP contribution in [-0.2, 0) is 4.79 Å². The molecular formula is C20H21N3O2. The van der Waals surface area contributed by atoms with Crippen molar-refractivity contribution in [3.63, 3.8) is 0 Å². The van der Waals surface area contributed by atoms with E-state index in [0.29, 0.717) is 0 Å². The van der Waals surface area contributed by atoms with E-state index in [9.17, 15) is 4.79 Å². The summed E-state index contributed by atoms with van der Waals surface area (Å²) in [7, 11) is 3.49. The highest BCUT2D eigenvalue weighted by atomic mass is 16.5. The third-order valence-corrected chi connectivity index (χ3v) is 3.88. The molecule has 5 heteroatoms. The van der Waals surface area contributed by atoms with Crippen LogP contribution >= 0.6 is 0 Å². The van der Waals surface area contributed by atoms with E-state index < -0.39 is 0 Å². The summed E-state index contributed by atoms with van der Waals surface area (Å²) in [6.07, 6.45) is 1.73. The van der Waals surface area contributed by atoms with Crippen LogP contribution in [0.4, 0.5) is 5.69 Å². The van der Waals surface area contributed by atoms with Gasteiger partial charge in [-0.15, -0.1) is 0 Å². The summed E-state index contributed by atoms with van der Waals surface area (Å²) in [5, 5.41) is 4.18. The Morgan fingerprint density at radius 3 is 2.56 bits per heavy atom. The van der Waals surface area contributed by atoms with Gasteiger partial charge in [0, 0.05) is 31.4 Å². The van der Waals surface area contributed by atoms with Crippen molar-refractivity contribution in [3.8, 4) is 11.5 Å². The molecule has 1 aromatic heterocycles. The molecule has 0 saturated carbocycles. The molecule has 1 N–H and O–H groups in total. The molecule has 0 radical (unpaired) electrons. The average Bonchev–Trinajstić information content (AvgIpc) is 2.62. The molecule has 1 heterocycles. The number of fused-ring (bicyclic) bond motifs is 1. The summed E-state index contributed by atoms with van der Waals surface area (Å²) in [6.45, 7) is 1.85. The predicted octanol–water partition coefficient (Wildman–Crippen LogP) is 3.92. The number of rotatable bonds is 5. The lowest BCUT2D eigenvalue weighted by Crippen LogP contribution is -2.36. The van der Waals surface area contributed by atoms with E-state index in [-0.39, 0.29) is 11.9 Å². The highest BCUT2D eigenvalue weighted by molar-refractivity contribution is 5.94. The van der Waals surface area contributed by atoms with E-state index in [1.54, 1.807) is 25.2 Å². The van der Waals surface area contributed by atoms with Gasteiger partial charge in [0.1, 0.15) is 17.5 Å². The number of aromatic nitrogens is 1. The van der Waals surface area contributed by atoms with Crippen LogP contribution in [0.5, 0.6) is 11.5 Å². The first-order valence-electron chi connectivity index (χ1n) is 8.14. The first-order valence-corrected chi connectivity index (χ1v) is 8.14. The summed E-state index contributed by atoms with van der Waals surface area (Å²) >= 11 is 0. The molecule has 0 fully saturated rings. The summed E-state index contributed by atoms with van der Waals surface area (Å²) in [6, 6.07) is 16.9. The summed E-state index contributed by atoms with van der Waals surface area (Å²) in [4.78, 5) is 18.1. The number of carbonyl (C=O) groups is 1. The van der Waals surface area contributed by atoms with Crippen LogP contribution in [0.2, 0.25) is 0 Å². The van der Waals surface area contributed by atoms with Crippen molar-refractivity contribution in [3.05, 3.63) is 60.8 Å². The van der Waals surface area contributed by atoms with E-state index in [1.807, 2.05) is 61.5 Å². The maximum Gasteiger partial charge on any atom is 0.244 e. The zero-order chi connectivity index (χ0) is 17.8. The van der Waals surface area contributed by atoms with Gasteiger partial charge in [0.2, 0.25) is 5.91 Å². The third kappa shape index (κ3) is 3.88. The first kappa shape index (κ1) is 16.8. The quantitative estimate of drug-likeness (QED) is 0.768. The monoisotopic (exact) mass is 335 g/mol. The Morgan fingerprint density at radius 1 is 1.08 bits per heavy atom. The Labute approximate surface area is 147 Å². The van der Waals surface area contributed by atoms with Crippen LogP contribution in [0.25, 0.3) is 10.9 Å². The van der Waals surface area contributed by atoms with Crippen molar-refractivity contribution in [1.29, 1.82) is 0 Å². The highest BCUT2D eigenvalue weighted by Crippen LogP contribution is 2.29. The molecule has 2 aromatic carbocycles. The molecule has 0 saturated heterocycles. The fraction of sp³-hybridized carbons (Fsp3) is 0.200. The number of ether oxygens (including phenoxy) is 1. The van der Waals surface area contributed by atoms with Gasteiger partial charge in [0.25, 0.3) is 0 Å². The first-order chi connectivity index (χ1) is 12.0. The van der Waals surface area contributed by atoms with Crippen molar-refractivity contribution < 1.29 is 9.53 Å². The van der Waals surface area contributed by atoms with E-state index in [2.05, 4.69) is 10.3 Å². The van der Waals surface area contributed by atoms with Gasteiger partial charge in [-0.25, -0.2) is 0 Å². The SMILES string of the molecule is C[C@H](Nc1ccnc2ccc(Oc3ccccc3)cc12)C(=O)N(C)C. The third-order valence-electron chi connectivity index (χ3n) is 3.88. The summed E-state index contributed by atoms with van der Waals surface area (Å²) < 4.78 is 5.90.